The molecule has 5 aromatic heterocycles. The number of ether oxygens (including phenoxy) is 1. The van der Waals surface area contributed by atoms with Crippen molar-refractivity contribution in [3.63, 3.8) is 0 Å². The molecule has 0 spiro atoms. The summed E-state index contributed by atoms with van der Waals surface area (Å²) < 4.78 is 12.3. The fourth-order valence-corrected chi connectivity index (χ4v) is 7.80. The van der Waals surface area contributed by atoms with Crippen LogP contribution in [0.3, 0.4) is 0 Å². The molecule has 5 heterocycles. The molecule has 10 aromatic rings. The third-order valence-electron chi connectivity index (χ3n) is 8.99. The topological polar surface area (TPSA) is 57.8 Å². The highest BCUT2D eigenvalue weighted by atomic mass is 32.1. The number of hydrogen-bond donors (Lipinski definition) is 0. The van der Waals surface area contributed by atoms with Gasteiger partial charge in [0.25, 0.3) is 0 Å². The Morgan fingerprint density at radius 1 is 0.521 bits per heavy atom. The van der Waals surface area contributed by atoms with Crippen molar-refractivity contribution in [3.05, 3.63) is 152 Å². The number of thiazole rings is 1. The van der Waals surface area contributed by atoms with Crippen LogP contribution in [0.2, 0.25) is 0 Å². The molecule has 0 aliphatic carbocycles. The maximum Gasteiger partial charge on any atom is 0.195 e. The van der Waals surface area contributed by atoms with E-state index in [0.717, 1.165) is 76.6 Å². The van der Waals surface area contributed by atoms with Crippen LogP contribution in [0.4, 0.5) is 0 Å². The molecule has 0 amide bonds. The Bertz CT molecular complexity index is 2780. The molecule has 5 aromatic carbocycles. The third kappa shape index (κ3) is 4.22. The molecule has 0 radical (unpaired) electrons. The van der Waals surface area contributed by atoms with E-state index in [4.69, 9.17) is 14.7 Å². The van der Waals surface area contributed by atoms with E-state index in [9.17, 15) is 0 Å². The minimum atomic E-state index is 0.752. The summed E-state index contributed by atoms with van der Waals surface area (Å²) in [5.74, 6) is 2.36. The number of pyridine rings is 2. The first-order valence-electron chi connectivity index (χ1n) is 15.8. The first-order chi connectivity index (χ1) is 23.8. The summed E-state index contributed by atoms with van der Waals surface area (Å²) in [6, 6.07) is 46.1. The van der Waals surface area contributed by atoms with Crippen LogP contribution in [-0.4, -0.2) is 24.1 Å². The maximum absolute atomic E-state index is 6.63. The molecule has 226 valence electrons. The van der Waals surface area contributed by atoms with Gasteiger partial charge >= 0.3 is 0 Å². The van der Waals surface area contributed by atoms with Crippen molar-refractivity contribution in [2.75, 3.05) is 0 Å². The highest BCUT2D eigenvalue weighted by molar-refractivity contribution is 7.20. The summed E-state index contributed by atoms with van der Waals surface area (Å²) >= 11 is 1.70. The van der Waals surface area contributed by atoms with E-state index in [1.807, 2.05) is 30.5 Å². The van der Waals surface area contributed by atoms with Crippen molar-refractivity contribution in [2.45, 2.75) is 0 Å². The molecular formula is C41H25N5OS. The van der Waals surface area contributed by atoms with Gasteiger partial charge in [0.1, 0.15) is 17.3 Å². The van der Waals surface area contributed by atoms with Gasteiger partial charge in [-0.1, -0.05) is 59.9 Å². The minimum absolute atomic E-state index is 0.752. The van der Waals surface area contributed by atoms with Gasteiger partial charge in [-0.05, 0) is 78.4 Å². The average Bonchev–Trinajstić information content (AvgIpc) is 3.81. The standard InChI is InChI=1S/C41H25N5OS/c1-4-10-35-30(7-1)32-16-14-28(23-37(32)45(35)40-18-13-27(25-43-40)26-19-21-42-22-20-26)47-29-15-17-33-31-8-2-5-11-36(31)46(38(33)24-29)41-44-34-9-3-6-12-39(34)48-41/h1-25H. The Morgan fingerprint density at radius 3 is 1.83 bits per heavy atom. The molecule has 6 nitrogen and oxygen atoms in total. The predicted octanol–water partition coefficient (Wildman–Crippen LogP) is 10.7. The Kier molecular flexibility index (Phi) is 5.94. The summed E-state index contributed by atoms with van der Waals surface area (Å²) in [6.07, 6.45) is 5.53. The van der Waals surface area contributed by atoms with Crippen LogP contribution in [0, 0.1) is 0 Å². The van der Waals surface area contributed by atoms with E-state index < -0.39 is 0 Å². The van der Waals surface area contributed by atoms with Crippen LogP contribution in [0.1, 0.15) is 0 Å². The fourth-order valence-electron chi connectivity index (χ4n) is 6.81. The van der Waals surface area contributed by atoms with Crippen molar-refractivity contribution in [3.8, 4) is 33.6 Å². The summed E-state index contributed by atoms with van der Waals surface area (Å²) in [6.45, 7) is 0. The van der Waals surface area contributed by atoms with E-state index in [1.54, 1.807) is 23.7 Å². The molecular weight excluding hydrogens is 611 g/mol. The second-order valence-corrected chi connectivity index (χ2v) is 12.8. The molecule has 7 heteroatoms. The van der Waals surface area contributed by atoms with Gasteiger partial charge in [-0.15, -0.1) is 0 Å². The van der Waals surface area contributed by atoms with E-state index in [0.29, 0.717) is 0 Å². The lowest BCUT2D eigenvalue weighted by Gasteiger charge is -2.10. The Morgan fingerprint density at radius 2 is 1.15 bits per heavy atom. The van der Waals surface area contributed by atoms with Gasteiger partial charge in [0.2, 0.25) is 0 Å². The smallest absolute Gasteiger partial charge is 0.195 e. The van der Waals surface area contributed by atoms with Crippen LogP contribution >= 0.6 is 11.3 Å². The summed E-state index contributed by atoms with van der Waals surface area (Å²) in [5.41, 5.74) is 7.43. The molecule has 10 rings (SSSR count). The highest BCUT2D eigenvalue weighted by Crippen LogP contribution is 2.39. The van der Waals surface area contributed by atoms with E-state index in [-0.39, 0.29) is 0 Å². The van der Waals surface area contributed by atoms with Crippen molar-refractivity contribution < 1.29 is 4.74 Å². The van der Waals surface area contributed by atoms with Gasteiger partial charge in [-0.2, -0.15) is 0 Å². The zero-order valence-corrected chi connectivity index (χ0v) is 26.3. The van der Waals surface area contributed by atoms with Crippen molar-refractivity contribution in [2.24, 2.45) is 0 Å². The number of hydrogen-bond acceptors (Lipinski definition) is 5. The summed E-state index contributed by atoms with van der Waals surface area (Å²) in [7, 11) is 0. The molecule has 48 heavy (non-hydrogen) atoms. The normalized spacial score (nSPS) is 11.8. The molecule has 0 N–H and O–H groups in total. The van der Waals surface area contributed by atoms with Crippen molar-refractivity contribution in [1.82, 2.24) is 24.1 Å². The van der Waals surface area contributed by atoms with Crippen LogP contribution < -0.4 is 4.74 Å². The van der Waals surface area contributed by atoms with Gasteiger partial charge in [-0.3, -0.25) is 14.1 Å². The molecule has 0 fully saturated rings. The molecule has 0 saturated heterocycles. The van der Waals surface area contributed by atoms with Crippen molar-refractivity contribution >= 4 is 65.2 Å². The first kappa shape index (κ1) is 26.9. The predicted molar refractivity (Wildman–Crippen MR) is 196 cm³/mol. The van der Waals surface area contributed by atoms with Gasteiger partial charge < -0.3 is 4.74 Å². The SMILES string of the molecule is c1ccc2sc(-n3c4ccccc4c4ccc(Oc5ccc6c7ccccc7n(-c7ccc(-c8ccncc8)cn7)c6c5)cc43)nc2c1. The number of benzene rings is 5. The summed E-state index contributed by atoms with van der Waals surface area (Å²) in [4.78, 5) is 14.1. The third-order valence-corrected chi connectivity index (χ3v) is 10.0. The fraction of sp³-hybridized carbons (Fsp3) is 0. The molecule has 0 aliphatic rings. The van der Waals surface area contributed by atoms with E-state index >= 15 is 0 Å². The minimum Gasteiger partial charge on any atom is -0.457 e. The quantitative estimate of drug-likeness (QED) is 0.189. The van der Waals surface area contributed by atoms with E-state index in [2.05, 4.69) is 123 Å². The molecule has 0 atom stereocenters. The molecule has 0 unspecified atom stereocenters. The molecule has 0 saturated carbocycles. The number of aromatic nitrogens is 5. The molecule has 0 aliphatic heterocycles. The van der Waals surface area contributed by atoms with Gasteiger partial charge in [0.05, 0.1) is 32.3 Å². The van der Waals surface area contributed by atoms with Crippen LogP contribution in [0.25, 0.3) is 75.9 Å². The van der Waals surface area contributed by atoms with E-state index in [1.165, 1.54) is 10.8 Å². The lowest BCUT2D eigenvalue weighted by atomic mass is 10.1. The van der Waals surface area contributed by atoms with Crippen LogP contribution in [-0.2, 0) is 0 Å². The zero-order chi connectivity index (χ0) is 31.6. The Balaban J connectivity index is 1.09. The number of nitrogens with zero attached hydrogens (tertiary/aromatic N) is 5. The summed E-state index contributed by atoms with van der Waals surface area (Å²) in [5, 5.41) is 5.60. The Labute approximate surface area is 278 Å². The number of rotatable bonds is 5. The van der Waals surface area contributed by atoms with Gasteiger partial charge in [0.15, 0.2) is 5.13 Å². The largest absolute Gasteiger partial charge is 0.457 e. The maximum atomic E-state index is 6.63. The van der Waals surface area contributed by atoms with Gasteiger partial charge in [0, 0.05) is 57.8 Å². The van der Waals surface area contributed by atoms with Crippen LogP contribution in [0.5, 0.6) is 11.5 Å². The Hall–Kier alpha value is -6.31. The van der Waals surface area contributed by atoms with Crippen molar-refractivity contribution in [1.29, 1.82) is 0 Å². The zero-order valence-electron chi connectivity index (χ0n) is 25.5. The number of fused-ring (bicyclic) bond motifs is 7. The lowest BCUT2D eigenvalue weighted by molar-refractivity contribution is 0.484. The van der Waals surface area contributed by atoms with Gasteiger partial charge in [-0.25, -0.2) is 9.97 Å². The second-order valence-electron chi connectivity index (χ2n) is 11.8. The van der Waals surface area contributed by atoms with Crippen LogP contribution in [0.15, 0.2) is 152 Å². The highest BCUT2D eigenvalue weighted by Gasteiger charge is 2.18. The monoisotopic (exact) mass is 635 g/mol. The second kappa shape index (κ2) is 10.6. The average molecular weight is 636 g/mol. The number of para-hydroxylation sites is 3. The first-order valence-corrected chi connectivity index (χ1v) is 16.6. The molecule has 0 bridgehead atoms. The lowest BCUT2D eigenvalue weighted by Crippen LogP contribution is -1.97.